The summed E-state index contributed by atoms with van der Waals surface area (Å²) in [6.45, 7) is 5.33. The van der Waals surface area contributed by atoms with E-state index in [1.54, 1.807) is 21.9 Å². The molecule has 1 N–H and O–H groups in total. The Kier molecular flexibility index (Phi) is 7.80. The molecular weight excluding hydrogens is 438 g/mol. The van der Waals surface area contributed by atoms with Crippen molar-refractivity contribution in [3.05, 3.63) is 106 Å². The molecule has 1 aromatic heterocycles. The van der Waals surface area contributed by atoms with Crippen LogP contribution < -0.4 is 10.7 Å². The van der Waals surface area contributed by atoms with Crippen molar-refractivity contribution in [2.75, 3.05) is 13.1 Å². The molecule has 1 aliphatic rings. The number of hydrogen-bond acceptors (Lipinski definition) is 3. The van der Waals surface area contributed by atoms with Gasteiger partial charge in [-0.1, -0.05) is 60.7 Å². The van der Waals surface area contributed by atoms with Crippen molar-refractivity contribution in [3.8, 4) is 0 Å². The summed E-state index contributed by atoms with van der Waals surface area (Å²) < 4.78 is 1.77. The van der Waals surface area contributed by atoms with E-state index < -0.39 is 11.3 Å². The molecule has 6 heteroatoms. The third-order valence-electron chi connectivity index (χ3n) is 6.47. The molecule has 1 atom stereocenters. The lowest BCUT2D eigenvalue weighted by Gasteiger charge is -2.22. The summed E-state index contributed by atoms with van der Waals surface area (Å²) in [7, 11) is 0. The average Bonchev–Trinajstić information content (AvgIpc) is 3.12. The van der Waals surface area contributed by atoms with Crippen molar-refractivity contribution in [2.24, 2.45) is 0 Å². The standard InChI is InChI=1S/C29H33N3O3/c1-21(2)30-28(34)25-19-31(18-22-10-5-3-6-11-22)20-26(27(25)33)29(35)32-16-9-14-24(15-17-32)23-12-7-4-8-13-23/h3-8,10-13,19-21,24H,9,14-18H2,1-2H3,(H,30,34)/t24-/m1/s1. The minimum atomic E-state index is -0.513. The smallest absolute Gasteiger partial charge is 0.259 e. The van der Waals surface area contributed by atoms with E-state index >= 15 is 0 Å². The summed E-state index contributed by atoms with van der Waals surface area (Å²) in [6, 6.07) is 20.0. The third kappa shape index (κ3) is 6.07. The van der Waals surface area contributed by atoms with Gasteiger partial charge in [0.1, 0.15) is 11.1 Å². The second-order valence-corrected chi connectivity index (χ2v) is 9.53. The van der Waals surface area contributed by atoms with Gasteiger partial charge < -0.3 is 14.8 Å². The number of aromatic nitrogens is 1. The Morgan fingerprint density at radius 3 is 2.26 bits per heavy atom. The van der Waals surface area contributed by atoms with Crippen molar-refractivity contribution in [3.63, 3.8) is 0 Å². The molecule has 35 heavy (non-hydrogen) atoms. The first kappa shape index (κ1) is 24.5. The molecule has 182 valence electrons. The van der Waals surface area contributed by atoms with Gasteiger partial charge in [0.15, 0.2) is 0 Å². The summed E-state index contributed by atoms with van der Waals surface area (Å²) in [4.78, 5) is 41.5. The molecule has 0 spiro atoms. The lowest BCUT2D eigenvalue weighted by molar-refractivity contribution is 0.0759. The van der Waals surface area contributed by atoms with Gasteiger partial charge in [-0.15, -0.1) is 0 Å². The Labute approximate surface area is 206 Å². The van der Waals surface area contributed by atoms with Gasteiger partial charge in [0.25, 0.3) is 11.8 Å². The topological polar surface area (TPSA) is 71.4 Å². The fourth-order valence-electron chi connectivity index (χ4n) is 4.70. The molecule has 2 aromatic carbocycles. The number of pyridine rings is 1. The molecule has 1 saturated heterocycles. The van der Waals surface area contributed by atoms with Crippen LogP contribution in [0.3, 0.4) is 0 Å². The third-order valence-corrected chi connectivity index (χ3v) is 6.47. The predicted molar refractivity (Wildman–Crippen MR) is 138 cm³/mol. The van der Waals surface area contributed by atoms with Crippen molar-refractivity contribution in [1.29, 1.82) is 0 Å². The average molecular weight is 472 g/mol. The lowest BCUT2D eigenvalue weighted by atomic mass is 9.92. The highest BCUT2D eigenvalue weighted by Gasteiger charge is 2.26. The van der Waals surface area contributed by atoms with E-state index in [-0.39, 0.29) is 23.1 Å². The number of amides is 2. The number of nitrogens with zero attached hydrogens (tertiary/aromatic N) is 2. The van der Waals surface area contributed by atoms with Crippen molar-refractivity contribution in [1.82, 2.24) is 14.8 Å². The summed E-state index contributed by atoms with van der Waals surface area (Å²) in [6.07, 6.45) is 5.88. The van der Waals surface area contributed by atoms with Crippen LogP contribution in [0.25, 0.3) is 0 Å². The molecule has 2 heterocycles. The van der Waals surface area contributed by atoms with E-state index in [1.807, 2.05) is 62.4 Å². The molecule has 1 fully saturated rings. The lowest BCUT2D eigenvalue weighted by Crippen LogP contribution is -2.39. The molecule has 0 radical (unpaired) electrons. The fourth-order valence-corrected chi connectivity index (χ4v) is 4.70. The zero-order valence-electron chi connectivity index (χ0n) is 20.4. The molecule has 1 aliphatic heterocycles. The quantitative estimate of drug-likeness (QED) is 0.578. The minimum absolute atomic E-state index is 0.00235. The number of rotatable bonds is 6. The maximum Gasteiger partial charge on any atom is 0.259 e. The first-order chi connectivity index (χ1) is 16.9. The SMILES string of the molecule is CC(C)NC(=O)c1cn(Cc2ccccc2)cc(C(=O)N2CCC[C@@H](c3ccccc3)CC2)c1=O. The molecule has 0 aliphatic carbocycles. The Morgan fingerprint density at radius 1 is 0.914 bits per heavy atom. The van der Waals surface area contributed by atoms with Crippen molar-refractivity contribution >= 4 is 11.8 Å². The zero-order valence-corrected chi connectivity index (χ0v) is 20.4. The van der Waals surface area contributed by atoms with E-state index in [9.17, 15) is 14.4 Å². The summed E-state index contributed by atoms with van der Waals surface area (Å²) in [5, 5.41) is 2.79. The van der Waals surface area contributed by atoms with Gasteiger partial charge in [-0.3, -0.25) is 14.4 Å². The second kappa shape index (κ2) is 11.2. The van der Waals surface area contributed by atoms with Crippen LogP contribution in [0, 0.1) is 0 Å². The summed E-state index contributed by atoms with van der Waals surface area (Å²) in [5.74, 6) is -0.363. The summed E-state index contributed by atoms with van der Waals surface area (Å²) >= 11 is 0. The van der Waals surface area contributed by atoms with Gasteiger partial charge in [0.2, 0.25) is 5.43 Å². The van der Waals surface area contributed by atoms with Crippen LogP contribution in [0.1, 0.15) is 70.9 Å². The monoisotopic (exact) mass is 471 g/mol. The number of hydrogen-bond donors (Lipinski definition) is 1. The van der Waals surface area contributed by atoms with E-state index in [2.05, 4.69) is 17.4 Å². The van der Waals surface area contributed by atoms with Crippen LogP contribution in [-0.4, -0.2) is 40.4 Å². The van der Waals surface area contributed by atoms with Crippen LogP contribution >= 0.6 is 0 Å². The van der Waals surface area contributed by atoms with Gasteiger partial charge in [-0.05, 0) is 50.2 Å². The highest BCUT2D eigenvalue weighted by atomic mass is 16.2. The second-order valence-electron chi connectivity index (χ2n) is 9.53. The van der Waals surface area contributed by atoms with E-state index in [0.29, 0.717) is 25.6 Å². The van der Waals surface area contributed by atoms with Crippen LogP contribution in [0.15, 0.2) is 77.9 Å². The molecule has 3 aromatic rings. The van der Waals surface area contributed by atoms with E-state index in [4.69, 9.17) is 0 Å². The van der Waals surface area contributed by atoms with Crippen LogP contribution in [0.5, 0.6) is 0 Å². The molecular formula is C29H33N3O3. The molecule has 0 bridgehead atoms. The van der Waals surface area contributed by atoms with E-state index in [0.717, 1.165) is 24.8 Å². The predicted octanol–water partition coefficient (Wildman–Crippen LogP) is 4.44. The fraction of sp³-hybridized carbons (Fsp3) is 0.345. The number of benzene rings is 2. The molecule has 0 unspecified atom stereocenters. The number of likely N-dealkylation sites (tertiary alicyclic amines) is 1. The largest absolute Gasteiger partial charge is 0.350 e. The maximum atomic E-state index is 13.6. The van der Waals surface area contributed by atoms with Crippen molar-refractivity contribution < 1.29 is 9.59 Å². The van der Waals surface area contributed by atoms with Crippen LogP contribution in [0.2, 0.25) is 0 Å². The van der Waals surface area contributed by atoms with Crippen LogP contribution in [0.4, 0.5) is 0 Å². The highest BCUT2D eigenvalue weighted by Crippen LogP contribution is 2.28. The Bertz CT molecular complexity index is 1220. The molecule has 2 amide bonds. The number of nitrogens with one attached hydrogen (secondary N) is 1. The Balaban J connectivity index is 1.62. The van der Waals surface area contributed by atoms with Gasteiger partial charge in [-0.25, -0.2) is 0 Å². The van der Waals surface area contributed by atoms with Gasteiger partial charge >= 0.3 is 0 Å². The molecule has 4 rings (SSSR count). The first-order valence-electron chi connectivity index (χ1n) is 12.4. The number of carbonyl (C=O) groups excluding carboxylic acids is 2. The molecule has 0 saturated carbocycles. The van der Waals surface area contributed by atoms with E-state index in [1.165, 1.54) is 5.56 Å². The van der Waals surface area contributed by atoms with Crippen molar-refractivity contribution in [2.45, 2.75) is 51.6 Å². The first-order valence-corrected chi connectivity index (χ1v) is 12.4. The Morgan fingerprint density at radius 2 is 1.57 bits per heavy atom. The number of carbonyl (C=O) groups is 2. The highest BCUT2D eigenvalue weighted by molar-refractivity contribution is 5.99. The van der Waals surface area contributed by atoms with Gasteiger partial charge in [0.05, 0.1) is 0 Å². The summed E-state index contributed by atoms with van der Waals surface area (Å²) in [5.41, 5.74) is 1.85. The minimum Gasteiger partial charge on any atom is -0.350 e. The zero-order chi connectivity index (χ0) is 24.8. The Hall–Kier alpha value is -3.67. The normalized spacial score (nSPS) is 16.1. The maximum absolute atomic E-state index is 13.6. The van der Waals surface area contributed by atoms with Gasteiger partial charge in [0, 0.05) is 38.1 Å². The van der Waals surface area contributed by atoms with Crippen LogP contribution in [-0.2, 0) is 6.54 Å². The molecule has 6 nitrogen and oxygen atoms in total. The van der Waals surface area contributed by atoms with Gasteiger partial charge in [-0.2, -0.15) is 0 Å².